The van der Waals surface area contributed by atoms with Crippen LogP contribution >= 0.6 is 11.6 Å². The van der Waals surface area contributed by atoms with Crippen LogP contribution in [0.4, 0.5) is 5.69 Å². The largest absolute Gasteiger partial charge is 0.493 e. The van der Waals surface area contributed by atoms with E-state index in [9.17, 15) is 9.59 Å². The minimum absolute atomic E-state index is 0.241. The van der Waals surface area contributed by atoms with Crippen LogP contribution in [0.2, 0.25) is 5.02 Å². The number of hydrogen-bond acceptors (Lipinski definition) is 5. The highest BCUT2D eigenvalue weighted by atomic mass is 35.5. The van der Waals surface area contributed by atoms with Crippen LogP contribution in [-0.4, -0.2) is 19.0 Å². The summed E-state index contributed by atoms with van der Waals surface area (Å²) in [7, 11) is 1.55. The van der Waals surface area contributed by atoms with Crippen LogP contribution in [0.1, 0.15) is 32.6 Å². The fraction of sp³-hybridized carbons (Fsp3) is 0.125. The van der Waals surface area contributed by atoms with Gasteiger partial charge in [0.25, 0.3) is 5.91 Å². The van der Waals surface area contributed by atoms with Crippen LogP contribution in [0, 0.1) is 13.8 Å². The van der Waals surface area contributed by atoms with Crippen LogP contribution < -0.4 is 19.5 Å². The Morgan fingerprint density at radius 1 is 0.872 bits per heavy atom. The molecule has 0 atom stereocenters. The standard InChI is InChI=1S/C32H28ClNO5/c1-21-4-15-28(22(2)18-21)34-32(36)25-9-13-27(14-10-25)39-31(35)17-8-23-7-16-29(30(19-23)37-3)38-20-24-5-11-26(33)12-6-24/h4-19H,20H2,1-3H3,(H,34,36)/b17-8+. The van der Waals surface area contributed by atoms with Gasteiger partial charge in [0.1, 0.15) is 12.4 Å². The molecule has 0 unspecified atom stereocenters. The lowest BCUT2D eigenvalue weighted by Crippen LogP contribution is -2.13. The smallest absolute Gasteiger partial charge is 0.336 e. The fourth-order valence-electron chi connectivity index (χ4n) is 3.79. The van der Waals surface area contributed by atoms with Gasteiger partial charge in [-0.25, -0.2) is 4.79 Å². The number of nitrogens with one attached hydrogen (secondary N) is 1. The SMILES string of the molecule is COc1cc(/C=C/C(=O)Oc2ccc(C(=O)Nc3ccc(C)cc3C)cc2)ccc1OCc1ccc(Cl)cc1. The molecule has 1 amide bonds. The molecule has 0 saturated heterocycles. The molecule has 1 N–H and O–H groups in total. The molecule has 7 heteroatoms. The molecule has 4 rings (SSSR count). The number of carbonyl (C=O) groups is 2. The number of aryl methyl sites for hydroxylation is 2. The Morgan fingerprint density at radius 2 is 1.62 bits per heavy atom. The lowest BCUT2D eigenvalue weighted by molar-refractivity contribution is -0.128. The van der Waals surface area contributed by atoms with Crippen molar-refractivity contribution in [3.63, 3.8) is 0 Å². The number of halogens is 1. The molecule has 0 spiro atoms. The summed E-state index contributed by atoms with van der Waals surface area (Å²) in [6, 6.07) is 25.0. The van der Waals surface area contributed by atoms with E-state index in [1.54, 1.807) is 49.6 Å². The maximum Gasteiger partial charge on any atom is 0.336 e. The number of esters is 1. The Morgan fingerprint density at radius 3 is 2.31 bits per heavy atom. The van der Waals surface area contributed by atoms with Crippen molar-refractivity contribution >= 4 is 35.2 Å². The van der Waals surface area contributed by atoms with Gasteiger partial charge in [-0.2, -0.15) is 0 Å². The molecular weight excluding hydrogens is 514 g/mol. The molecule has 0 aromatic heterocycles. The zero-order valence-electron chi connectivity index (χ0n) is 21.9. The van der Waals surface area contributed by atoms with Crippen molar-refractivity contribution in [3.8, 4) is 17.2 Å². The number of rotatable bonds is 9. The molecule has 0 heterocycles. The predicted octanol–water partition coefficient (Wildman–Crippen LogP) is 7.42. The van der Waals surface area contributed by atoms with E-state index < -0.39 is 5.97 Å². The molecule has 0 radical (unpaired) electrons. The van der Waals surface area contributed by atoms with Crippen LogP contribution in [0.5, 0.6) is 17.2 Å². The van der Waals surface area contributed by atoms with Gasteiger partial charge in [0.05, 0.1) is 7.11 Å². The highest BCUT2D eigenvalue weighted by Crippen LogP contribution is 2.29. The van der Waals surface area contributed by atoms with Gasteiger partial charge in [0, 0.05) is 22.3 Å². The predicted molar refractivity (Wildman–Crippen MR) is 154 cm³/mol. The van der Waals surface area contributed by atoms with Crippen molar-refractivity contribution in [3.05, 3.63) is 124 Å². The van der Waals surface area contributed by atoms with Gasteiger partial charge in [-0.05, 0) is 91.2 Å². The summed E-state index contributed by atoms with van der Waals surface area (Å²) < 4.78 is 16.7. The average molecular weight is 542 g/mol. The molecular formula is C32H28ClNO5. The normalized spacial score (nSPS) is 10.8. The third-order valence-electron chi connectivity index (χ3n) is 5.87. The molecule has 0 fully saturated rings. The van der Waals surface area contributed by atoms with Gasteiger partial charge in [0.2, 0.25) is 0 Å². The van der Waals surface area contributed by atoms with E-state index in [-0.39, 0.29) is 5.91 Å². The van der Waals surface area contributed by atoms with E-state index >= 15 is 0 Å². The van der Waals surface area contributed by atoms with E-state index in [0.717, 1.165) is 27.9 Å². The zero-order chi connectivity index (χ0) is 27.8. The Kier molecular flexibility index (Phi) is 9.02. The van der Waals surface area contributed by atoms with E-state index in [1.807, 2.05) is 62.4 Å². The van der Waals surface area contributed by atoms with Crippen LogP contribution in [0.25, 0.3) is 6.08 Å². The number of carbonyl (C=O) groups excluding carboxylic acids is 2. The summed E-state index contributed by atoms with van der Waals surface area (Å²) in [5, 5.41) is 3.57. The lowest BCUT2D eigenvalue weighted by atomic mass is 10.1. The second-order valence-corrected chi connectivity index (χ2v) is 9.31. The average Bonchev–Trinajstić information content (AvgIpc) is 2.93. The van der Waals surface area contributed by atoms with E-state index in [2.05, 4.69) is 5.32 Å². The number of hydrogen-bond donors (Lipinski definition) is 1. The first-order chi connectivity index (χ1) is 18.8. The maximum absolute atomic E-state index is 12.6. The molecule has 198 valence electrons. The molecule has 4 aromatic carbocycles. The van der Waals surface area contributed by atoms with E-state index in [0.29, 0.717) is 34.4 Å². The van der Waals surface area contributed by atoms with Crippen molar-refractivity contribution in [1.29, 1.82) is 0 Å². The first-order valence-corrected chi connectivity index (χ1v) is 12.6. The Hall–Kier alpha value is -4.55. The van der Waals surface area contributed by atoms with Crippen molar-refractivity contribution in [1.82, 2.24) is 0 Å². The van der Waals surface area contributed by atoms with Gasteiger partial charge >= 0.3 is 5.97 Å². The zero-order valence-corrected chi connectivity index (χ0v) is 22.6. The van der Waals surface area contributed by atoms with Gasteiger partial charge in [-0.1, -0.05) is 47.5 Å². The number of benzene rings is 4. The third-order valence-corrected chi connectivity index (χ3v) is 6.12. The van der Waals surface area contributed by atoms with Gasteiger partial charge in [-0.15, -0.1) is 0 Å². The maximum atomic E-state index is 12.6. The summed E-state index contributed by atoms with van der Waals surface area (Å²) >= 11 is 5.93. The summed E-state index contributed by atoms with van der Waals surface area (Å²) in [5.41, 5.74) is 5.03. The summed E-state index contributed by atoms with van der Waals surface area (Å²) in [5.74, 6) is 0.651. The Balaban J connectivity index is 1.32. The third kappa shape index (κ3) is 7.72. The summed E-state index contributed by atoms with van der Waals surface area (Å²) in [6.07, 6.45) is 2.95. The van der Waals surface area contributed by atoms with Crippen molar-refractivity contribution < 1.29 is 23.8 Å². The number of methoxy groups -OCH3 is 1. The van der Waals surface area contributed by atoms with Crippen molar-refractivity contribution in [2.45, 2.75) is 20.5 Å². The molecule has 39 heavy (non-hydrogen) atoms. The fourth-order valence-corrected chi connectivity index (χ4v) is 3.91. The molecule has 0 aliphatic rings. The van der Waals surface area contributed by atoms with Gasteiger partial charge in [0.15, 0.2) is 11.5 Å². The summed E-state index contributed by atoms with van der Waals surface area (Å²) in [6.45, 7) is 4.31. The first kappa shape index (κ1) is 27.5. The monoisotopic (exact) mass is 541 g/mol. The lowest BCUT2D eigenvalue weighted by Gasteiger charge is -2.11. The summed E-state index contributed by atoms with van der Waals surface area (Å²) in [4.78, 5) is 25.0. The molecule has 0 saturated carbocycles. The second-order valence-electron chi connectivity index (χ2n) is 8.88. The minimum Gasteiger partial charge on any atom is -0.493 e. The van der Waals surface area contributed by atoms with Crippen molar-refractivity contribution in [2.24, 2.45) is 0 Å². The van der Waals surface area contributed by atoms with Crippen LogP contribution in [0.3, 0.4) is 0 Å². The minimum atomic E-state index is -0.551. The van der Waals surface area contributed by atoms with Gasteiger partial charge in [-0.3, -0.25) is 4.79 Å². The first-order valence-electron chi connectivity index (χ1n) is 12.2. The Labute approximate surface area is 232 Å². The second kappa shape index (κ2) is 12.8. The van der Waals surface area contributed by atoms with E-state index in [4.69, 9.17) is 25.8 Å². The molecule has 4 aromatic rings. The highest BCUT2D eigenvalue weighted by molar-refractivity contribution is 6.30. The highest BCUT2D eigenvalue weighted by Gasteiger charge is 2.10. The Bertz CT molecular complexity index is 1490. The number of ether oxygens (including phenoxy) is 3. The van der Waals surface area contributed by atoms with Crippen LogP contribution in [-0.2, 0) is 11.4 Å². The molecule has 0 aliphatic heterocycles. The quantitative estimate of drug-likeness (QED) is 0.136. The van der Waals surface area contributed by atoms with E-state index in [1.165, 1.54) is 6.08 Å². The molecule has 0 aliphatic carbocycles. The van der Waals surface area contributed by atoms with Gasteiger partial charge < -0.3 is 19.5 Å². The van der Waals surface area contributed by atoms with Crippen molar-refractivity contribution in [2.75, 3.05) is 12.4 Å². The van der Waals surface area contributed by atoms with Crippen LogP contribution in [0.15, 0.2) is 91.0 Å². The number of amides is 1. The topological polar surface area (TPSA) is 73.9 Å². The molecule has 6 nitrogen and oxygen atoms in total. The molecule has 0 bridgehead atoms. The number of anilines is 1.